The van der Waals surface area contributed by atoms with Crippen molar-refractivity contribution in [3.05, 3.63) is 23.8 Å². The largest absolute Gasteiger partial charge is 0.399 e. The first-order valence-corrected chi connectivity index (χ1v) is 6.06. The number of anilines is 2. The molecule has 2 N–H and O–H groups in total. The SMILES string of the molecule is CC(C)(C#N)CCN1CCc2ccc(N)cc21. The van der Waals surface area contributed by atoms with Crippen molar-refractivity contribution in [3.8, 4) is 6.07 Å². The molecular formula is C14H19N3. The van der Waals surface area contributed by atoms with Crippen molar-refractivity contribution in [1.82, 2.24) is 0 Å². The van der Waals surface area contributed by atoms with Crippen LogP contribution in [0.15, 0.2) is 18.2 Å². The fraction of sp³-hybridized carbons (Fsp3) is 0.500. The molecule has 1 aliphatic rings. The van der Waals surface area contributed by atoms with Crippen molar-refractivity contribution < 1.29 is 0 Å². The monoisotopic (exact) mass is 229 g/mol. The van der Waals surface area contributed by atoms with E-state index in [9.17, 15) is 0 Å². The van der Waals surface area contributed by atoms with Crippen LogP contribution in [-0.4, -0.2) is 13.1 Å². The zero-order valence-electron chi connectivity index (χ0n) is 10.5. The molecule has 1 aliphatic heterocycles. The molecule has 1 heterocycles. The molecule has 0 saturated carbocycles. The van der Waals surface area contributed by atoms with Gasteiger partial charge in [-0.25, -0.2) is 0 Å². The van der Waals surface area contributed by atoms with Crippen LogP contribution in [0.25, 0.3) is 0 Å². The van der Waals surface area contributed by atoms with Gasteiger partial charge in [0.05, 0.1) is 11.5 Å². The Morgan fingerprint density at radius 2 is 2.24 bits per heavy atom. The van der Waals surface area contributed by atoms with Crippen LogP contribution in [0.2, 0.25) is 0 Å². The van der Waals surface area contributed by atoms with Crippen molar-refractivity contribution in [2.24, 2.45) is 5.41 Å². The molecule has 0 radical (unpaired) electrons. The zero-order valence-corrected chi connectivity index (χ0v) is 10.5. The number of nitrogens with two attached hydrogens (primary N) is 1. The second kappa shape index (κ2) is 4.29. The zero-order chi connectivity index (χ0) is 12.5. The number of fused-ring (bicyclic) bond motifs is 1. The lowest BCUT2D eigenvalue weighted by molar-refractivity contribution is 0.452. The van der Waals surface area contributed by atoms with Crippen LogP contribution in [0.1, 0.15) is 25.8 Å². The van der Waals surface area contributed by atoms with Gasteiger partial charge in [-0.15, -0.1) is 0 Å². The lowest BCUT2D eigenvalue weighted by Crippen LogP contribution is -2.26. The first kappa shape index (κ1) is 11.8. The van der Waals surface area contributed by atoms with E-state index in [2.05, 4.69) is 17.0 Å². The third kappa shape index (κ3) is 2.52. The van der Waals surface area contributed by atoms with Gasteiger partial charge in [-0.2, -0.15) is 5.26 Å². The topological polar surface area (TPSA) is 53.0 Å². The van der Waals surface area contributed by atoms with Crippen molar-refractivity contribution in [2.45, 2.75) is 26.7 Å². The van der Waals surface area contributed by atoms with Crippen LogP contribution in [0.3, 0.4) is 0 Å². The third-order valence-electron chi connectivity index (χ3n) is 3.41. The number of rotatable bonds is 3. The summed E-state index contributed by atoms with van der Waals surface area (Å²) < 4.78 is 0. The molecule has 3 nitrogen and oxygen atoms in total. The number of nitrogen functional groups attached to an aromatic ring is 1. The predicted octanol–water partition coefficient (Wildman–Crippen LogP) is 2.57. The van der Waals surface area contributed by atoms with Crippen molar-refractivity contribution in [1.29, 1.82) is 5.26 Å². The summed E-state index contributed by atoms with van der Waals surface area (Å²) in [6.07, 6.45) is 1.97. The van der Waals surface area contributed by atoms with Gasteiger partial charge in [0.2, 0.25) is 0 Å². The number of nitrogens with zero attached hydrogens (tertiary/aromatic N) is 2. The van der Waals surface area contributed by atoms with E-state index < -0.39 is 0 Å². The minimum Gasteiger partial charge on any atom is -0.399 e. The molecule has 0 fully saturated rings. The average molecular weight is 229 g/mol. The van der Waals surface area contributed by atoms with E-state index >= 15 is 0 Å². The Labute approximate surface area is 103 Å². The van der Waals surface area contributed by atoms with E-state index in [1.54, 1.807) is 0 Å². The first-order valence-electron chi connectivity index (χ1n) is 6.06. The maximum atomic E-state index is 9.02. The van der Waals surface area contributed by atoms with Crippen LogP contribution in [-0.2, 0) is 6.42 Å². The normalized spacial score (nSPS) is 14.5. The molecule has 2 rings (SSSR count). The van der Waals surface area contributed by atoms with E-state index in [1.165, 1.54) is 11.3 Å². The van der Waals surface area contributed by atoms with E-state index in [4.69, 9.17) is 11.0 Å². The van der Waals surface area contributed by atoms with Crippen LogP contribution in [0.4, 0.5) is 11.4 Å². The summed E-state index contributed by atoms with van der Waals surface area (Å²) in [5, 5.41) is 9.02. The summed E-state index contributed by atoms with van der Waals surface area (Å²) in [6, 6.07) is 8.46. The van der Waals surface area contributed by atoms with Gasteiger partial charge >= 0.3 is 0 Å². The Balaban J connectivity index is 2.08. The van der Waals surface area contributed by atoms with E-state index in [-0.39, 0.29) is 5.41 Å². The Morgan fingerprint density at radius 3 is 2.94 bits per heavy atom. The average Bonchev–Trinajstić information content (AvgIpc) is 2.69. The molecule has 0 spiro atoms. The van der Waals surface area contributed by atoms with Gasteiger partial charge in [-0.1, -0.05) is 6.07 Å². The summed E-state index contributed by atoms with van der Waals surface area (Å²) in [4.78, 5) is 2.34. The number of nitriles is 1. The predicted molar refractivity (Wildman–Crippen MR) is 70.8 cm³/mol. The highest BCUT2D eigenvalue weighted by atomic mass is 15.1. The molecule has 0 unspecified atom stereocenters. The van der Waals surface area contributed by atoms with E-state index in [0.29, 0.717) is 0 Å². The second-order valence-electron chi connectivity index (χ2n) is 5.37. The van der Waals surface area contributed by atoms with Gasteiger partial charge in [0.25, 0.3) is 0 Å². The molecule has 17 heavy (non-hydrogen) atoms. The Bertz CT molecular complexity index is 457. The van der Waals surface area contributed by atoms with Gasteiger partial charge in [-0.3, -0.25) is 0 Å². The highest BCUT2D eigenvalue weighted by Gasteiger charge is 2.23. The van der Waals surface area contributed by atoms with Crippen molar-refractivity contribution in [2.75, 3.05) is 23.7 Å². The molecule has 1 aromatic rings. The lowest BCUT2D eigenvalue weighted by atomic mass is 9.91. The summed E-state index contributed by atoms with van der Waals surface area (Å²) in [6.45, 7) is 5.95. The second-order valence-corrected chi connectivity index (χ2v) is 5.37. The Hall–Kier alpha value is -1.69. The number of benzene rings is 1. The summed E-state index contributed by atoms with van der Waals surface area (Å²) in [7, 11) is 0. The van der Waals surface area contributed by atoms with Gasteiger partial charge in [0, 0.05) is 24.5 Å². The van der Waals surface area contributed by atoms with E-state index in [0.717, 1.165) is 31.6 Å². The Kier molecular flexibility index (Phi) is 2.97. The minimum atomic E-state index is -0.247. The van der Waals surface area contributed by atoms with Crippen molar-refractivity contribution in [3.63, 3.8) is 0 Å². The van der Waals surface area contributed by atoms with Gasteiger partial charge in [-0.05, 0) is 44.4 Å². The molecular weight excluding hydrogens is 210 g/mol. The molecule has 3 heteroatoms. The molecule has 0 saturated heterocycles. The van der Waals surface area contributed by atoms with Crippen LogP contribution >= 0.6 is 0 Å². The number of hydrogen-bond acceptors (Lipinski definition) is 3. The fourth-order valence-corrected chi connectivity index (χ4v) is 2.17. The van der Waals surface area contributed by atoms with Crippen LogP contribution < -0.4 is 10.6 Å². The van der Waals surface area contributed by atoms with E-state index in [1.807, 2.05) is 26.0 Å². The quantitative estimate of drug-likeness (QED) is 0.810. The van der Waals surface area contributed by atoms with Gasteiger partial charge < -0.3 is 10.6 Å². The van der Waals surface area contributed by atoms with Crippen molar-refractivity contribution >= 4 is 11.4 Å². The third-order valence-corrected chi connectivity index (χ3v) is 3.41. The maximum Gasteiger partial charge on any atom is 0.0684 e. The summed E-state index contributed by atoms with van der Waals surface area (Å²) >= 11 is 0. The molecule has 0 bridgehead atoms. The van der Waals surface area contributed by atoms with Gasteiger partial charge in [0.1, 0.15) is 0 Å². The molecule has 0 amide bonds. The molecule has 1 aromatic carbocycles. The summed E-state index contributed by atoms with van der Waals surface area (Å²) in [5.74, 6) is 0. The molecule has 0 aromatic heterocycles. The maximum absolute atomic E-state index is 9.02. The summed E-state index contributed by atoms with van der Waals surface area (Å²) in [5.41, 5.74) is 9.01. The minimum absolute atomic E-state index is 0.247. The molecule has 90 valence electrons. The lowest BCUT2D eigenvalue weighted by Gasteiger charge is -2.23. The highest BCUT2D eigenvalue weighted by molar-refractivity contribution is 5.64. The molecule has 0 aliphatic carbocycles. The molecule has 0 atom stereocenters. The standard InChI is InChI=1S/C14H19N3/c1-14(2,10-15)6-8-17-7-5-11-3-4-12(16)9-13(11)17/h3-4,9H,5-8,16H2,1-2H3. The fourth-order valence-electron chi connectivity index (χ4n) is 2.17. The van der Waals surface area contributed by atoms with Crippen LogP contribution in [0.5, 0.6) is 0 Å². The first-order chi connectivity index (χ1) is 8.02. The smallest absolute Gasteiger partial charge is 0.0684 e. The number of hydrogen-bond donors (Lipinski definition) is 1. The highest BCUT2D eigenvalue weighted by Crippen LogP contribution is 2.31. The van der Waals surface area contributed by atoms with Crippen LogP contribution in [0, 0.1) is 16.7 Å². The van der Waals surface area contributed by atoms with Gasteiger partial charge in [0.15, 0.2) is 0 Å². The Morgan fingerprint density at radius 1 is 1.47 bits per heavy atom.